The van der Waals surface area contributed by atoms with E-state index >= 15 is 0 Å². The second-order valence-electron chi connectivity index (χ2n) is 7.98. The van der Waals surface area contributed by atoms with Crippen LogP contribution in [0.5, 0.6) is 0 Å². The number of hydrogen-bond donors (Lipinski definition) is 1. The zero-order valence-electron chi connectivity index (χ0n) is 18.1. The Morgan fingerprint density at radius 2 is 1.74 bits per heavy atom. The summed E-state index contributed by atoms with van der Waals surface area (Å²) >= 11 is 5.21. The average Bonchev–Trinajstić information content (AvgIpc) is 3.25. The zero-order chi connectivity index (χ0) is 24.6. The molecule has 2 heterocycles. The molecule has 5 nitrogen and oxygen atoms in total. The molecule has 1 fully saturated rings. The first kappa shape index (κ1) is 23.4. The molecule has 1 saturated heterocycles. The van der Waals surface area contributed by atoms with Crippen molar-refractivity contribution in [3.8, 4) is 11.3 Å². The molecule has 0 radical (unpaired) electrons. The van der Waals surface area contributed by atoms with E-state index in [1.807, 2.05) is 26.0 Å². The van der Waals surface area contributed by atoms with Crippen molar-refractivity contribution in [2.24, 2.45) is 0 Å². The fourth-order valence-electron chi connectivity index (χ4n) is 3.48. The van der Waals surface area contributed by atoms with Gasteiger partial charge >= 0.3 is 6.18 Å². The minimum atomic E-state index is -4.49. The van der Waals surface area contributed by atoms with Gasteiger partial charge in [-0.25, -0.2) is 0 Å². The predicted octanol–water partition coefficient (Wildman–Crippen LogP) is 5.92. The van der Waals surface area contributed by atoms with Crippen molar-refractivity contribution in [1.82, 2.24) is 5.32 Å². The summed E-state index contributed by atoms with van der Waals surface area (Å²) in [4.78, 5) is 26.8. The third-order valence-electron chi connectivity index (χ3n) is 5.31. The predicted molar refractivity (Wildman–Crippen MR) is 126 cm³/mol. The van der Waals surface area contributed by atoms with Crippen LogP contribution in [0, 0.1) is 0 Å². The van der Waals surface area contributed by atoms with E-state index in [0.717, 1.165) is 17.7 Å². The number of nitrogens with one attached hydrogen (secondary N) is 1. The number of thiocarbonyl (C=S) groups is 1. The summed E-state index contributed by atoms with van der Waals surface area (Å²) in [7, 11) is 0. The van der Waals surface area contributed by atoms with E-state index in [1.54, 1.807) is 12.1 Å². The second kappa shape index (κ2) is 8.90. The maximum Gasteiger partial charge on any atom is 0.416 e. The van der Waals surface area contributed by atoms with Crippen LogP contribution in [-0.2, 0) is 15.8 Å². The van der Waals surface area contributed by atoms with E-state index in [0.29, 0.717) is 11.6 Å². The highest BCUT2D eigenvalue weighted by Crippen LogP contribution is 2.33. The molecule has 0 aliphatic carbocycles. The molecule has 2 amide bonds. The monoisotopic (exact) mass is 484 g/mol. The van der Waals surface area contributed by atoms with Crippen LogP contribution in [0.25, 0.3) is 17.4 Å². The number of halogens is 3. The highest BCUT2D eigenvalue weighted by molar-refractivity contribution is 7.80. The highest BCUT2D eigenvalue weighted by atomic mass is 32.1. The Kier molecular flexibility index (Phi) is 6.14. The SMILES string of the molecule is CC(C)c1ccc(N2C(=O)/C(=C/c3ccc(-c4cccc(C(F)(F)F)c4)o3)C(=O)NC2=S)cc1. The molecular weight excluding hydrogens is 465 g/mol. The number of furan rings is 1. The van der Waals surface area contributed by atoms with Gasteiger partial charge in [-0.1, -0.05) is 38.1 Å². The van der Waals surface area contributed by atoms with E-state index in [2.05, 4.69) is 5.32 Å². The minimum Gasteiger partial charge on any atom is -0.457 e. The number of hydrogen-bond acceptors (Lipinski definition) is 4. The summed E-state index contributed by atoms with van der Waals surface area (Å²) < 4.78 is 44.7. The van der Waals surface area contributed by atoms with E-state index in [4.69, 9.17) is 16.6 Å². The van der Waals surface area contributed by atoms with Crippen molar-refractivity contribution in [3.63, 3.8) is 0 Å². The fourth-order valence-corrected chi connectivity index (χ4v) is 3.76. The van der Waals surface area contributed by atoms with Gasteiger partial charge in [0.2, 0.25) is 0 Å². The fraction of sp³-hybridized carbons (Fsp3) is 0.160. The molecule has 0 bridgehead atoms. The second-order valence-corrected chi connectivity index (χ2v) is 8.37. The lowest BCUT2D eigenvalue weighted by molar-refractivity contribution is -0.137. The summed E-state index contributed by atoms with van der Waals surface area (Å²) in [6, 6.07) is 14.9. The quantitative estimate of drug-likeness (QED) is 0.284. The summed E-state index contributed by atoms with van der Waals surface area (Å²) in [6.07, 6.45) is -3.25. The molecule has 0 atom stereocenters. The van der Waals surface area contributed by atoms with Gasteiger partial charge in [-0.15, -0.1) is 0 Å². The molecule has 3 aromatic rings. The molecule has 4 rings (SSSR count). The average molecular weight is 484 g/mol. The van der Waals surface area contributed by atoms with Gasteiger partial charge in [0, 0.05) is 5.56 Å². The number of carbonyl (C=O) groups is 2. The van der Waals surface area contributed by atoms with E-state index in [9.17, 15) is 22.8 Å². The first-order valence-corrected chi connectivity index (χ1v) is 10.7. The summed E-state index contributed by atoms with van der Waals surface area (Å²) in [6.45, 7) is 4.09. The van der Waals surface area contributed by atoms with E-state index < -0.39 is 23.6 Å². The summed E-state index contributed by atoms with van der Waals surface area (Å²) in [5, 5.41) is 2.44. The third-order valence-corrected chi connectivity index (χ3v) is 5.59. The molecule has 1 aliphatic rings. The van der Waals surface area contributed by atoms with Crippen molar-refractivity contribution in [2.75, 3.05) is 4.90 Å². The maximum absolute atomic E-state index is 13.1. The van der Waals surface area contributed by atoms with Gasteiger partial charge in [-0.05, 0) is 66.2 Å². The van der Waals surface area contributed by atoms with Crippen molar-refractivity contribution >= 4 is 40.9 Å². The van der Waals surface area contributed by atoms with Gasteiger partial charge in [-0.3, -0.25) is 19.8 Å². The molecule has 0 saturated carbocycles. The molecule has 1 aliphatic heterocycles. The van der Waals surface area contributed by atoms with Gasteiger partial charge < -0.3 is 4.42 Å². The first-order valence-electron chi connectivity index (χ1n) is 10.3. The van der Waals surface area contributed by atoms with Crippen LogP contribution in [0.3, 0.4) is 0 Å². The van der Waals surface area contributed by atoms with Crippen LogP contribution in [0.2, 0.25) is 0 Å². The van der Waals surface area contributed by atoms with Crippen LogP contribution in [0.4, 0.5) is 18.9 Å². The minimum absolute atomic E-state index is 0.0476. The number of benzene rings is 2. The van der Waals surface area contributed by atoms with Crippen LogP contribution < -0.4 is 10.2 Å². The number of rotatable bonds is 4. The topological polar surface area (TPSA) is 62.6 Å². The normalized spacial score (nSPS) is 15.9. The van der Waals surface area contributed by atoms with Gasteiger partial charge in [0.25, 0.3) is 11.8 Å². The Labute approximate surface area is 198 Å². The Bertz CT molecular complexity index is 1310. The Morgan fingerprint density at radius 3 is 2.38 bits per heavy atom. The molecule has 34 heavy (non-hydrogen) atoms. The number of nitrogens with zero attached hydrogens (tertiary/aromatic N) is 1. The van der Waals surface area contributed by atoms with E-state index in [-0.39, 0.29) is 27.8 Å². The largest absolute Gasteiger partial charge is 0.457 e. The molecular formula is C25H19F3N2O3S. The third kappa shape index (κ3) is 4.65. The molecule has 0 spiro atoms. The molecule has 0 unspecified atom stereocenters. The molecule has 2 aromatic carbocycles. The summed E-state index contributed by atoms with van der Waals surface area (Å²) in [5.41, 5.74) is 0.764. The standard InChI is InChI=1S/C25H19F3N2O3S/c1-14(2)15-6-8-18(9-7-15)30-23(32)20(22(31)29-24(30)34)13-19-10-11-21(33-19)16-4-3-5-17(12-16)25(26,27)28/h3-14H,1-2H3,(H,29,31,34)/b20-13+. The Hall–Kier alpha value is -3.72. The van der Waals surface area contributed by atoms with Crippen molar-refractivity contribution in [2.45, 2.75) is 25.9 Å². The van der Waals surface area contributed by atoms with Crippen molar-refractivity contribution in [3.05, 3.63) is 83.1 Å². The van der Waals surface area contributed by atoms with Gasteiger partial charge in [0.1, 0.15) is 17.1 Å². The smallest absolute Gasteiger partial charge is 0.416 e. The van der Waals surface area contributed by atoms with Crippen LogP contribution in [0.15, 0.2) is 70.7 Å². The van der Waals surface area contributed by atoms with Crippen LogP contribution in [-0.4, -0.2) is 16.9 Å². The Morgan fingerprint density at radius 1 is 1.03 bits per heavy atom. The number of alkyl halides is 3. The Balaban J connectivity index is 1.64. The lowest BCUT2D eigenvalue weighted by atomic mass is 10.0. The number of carbonyl (C=O) groups excluding carboxylic acids is 2. The van der Waals surface area contributed by atoms with E-state index in [1.165, 1.54) is 35.2 Å². The van der Waals surface area contributed by atoms with Gasteiger partial charge in [0.15, 0.2) is 5.11 Å². The van der Waals surface area contributed by atoms with Crippen molar-refractivity contribution < 1.29 is 27.2 Å². The lowest BCUT2D eigenvalue weighted by Crippen LogP contribution is -2.54. The van der Waals surface area contributed by atoms with Crippen molar-refractivity contribution in [1.29, 1.82) is 0 Å². The molecule has 174 valence electrons. The zero-order valence-corrected chi connectivity index (χ0v) is 19.0. The number of anilines is 1. The summed E-state index contributed by atoms with van der Waals surface area (Å²) in [5.74, 6) is -0.726. The number of amides is 2. The van der Waals surface area contributed by atoms with Gasteiger partial charge in [0.05, 0.1) is 11.3 Å². The van der Waals surface area contributed by atoms with Crippen LogP contribution in [0.1, 0.15) is 36.7 Å². The molecule has 9 heteroatoms. The maximum atomic E-state index is 13.1. The van der Waals surface area contributed by atoms with Crippen LogP contribution >= 0.6 is 12.2 Å². The van der Waals surface area contributed by atoms with Gasteiger partial charge in [-0.2, -0.15) is 13.2 Å². The molecule has 1 N–H and O–H groups in total. The molecule has 1 aromatic heterocycles. The highest BCUT2D eigenvalue weighted by Gasteiger charge is 2.35. The first-order chi connectivity index (χ1) is 16.0. The lowest BCUT2D eigenvalue weighted by Gasteiger charge is -2.29.